The highest BCUT2D eigenvalue weighted by atomic mass is 15.3. The first kappa shape index (κ1) is 10.8. The summed E-state index contributed by atoms with van der Waals surface area (Å²) in [4.78, 5) is 8.39. The highest BCUT2D eigenvalue weighted by molar-refractivity contribution is 4.91. The fraction of sp³-hybridized carbons (Fsp3) is 0.500. The number of aryl methyl sites for hydroxylation is 2. The fourth-order valence-corrected chi connectivity index (χ4v) is 1.50. The Hall–Kier alpha value is -1.69. The maximum atomic E-state index is 4.25. The topological polar surface area (TPSA) is 60.6 Å². The molecule has 0 spiro atoms. The van der Waals surface area contributed by atoms with Crippen LogP contribution in [0, 0.1) is 0 Å². The van der Waals surface area contributed by atoms with Gasteiger partial charge in [0.25, 0.3) is 0 Å². The zero-order valence-corrected chi connectivity index (χ0v) is 9.59. The van der Waals surface area contributed by atoms with Crippen LogP contribution < -0.4 is 5.32 Å². The van der Waals surface area contributed by atoms with Crippen LogP contribution in [-0.4, -0.2) is 30.9 Å². The van der Waals surface area contributed by atoms with Crippen molar-refractivity contribution in [2.24, 2.45) is 14.1 Å². The first-order valence-electron chi connectivity index (χ1n) is 5.27. The fourth-order valence-electron chi connectivity index (χ4n) is 1.50. The van der Waals surface area contributed by atoms with Crippen LogP contribution in [0.15, 0.2) is 18.7 Å². The van der Waals surface area contributed by atoms with Crippen LogP contribution in [-0.2, 0) is 27.1 Å². The van der Waals surface area contributed by atoms with E-state index in [1.54, 1.807) is 11.0 Å². The minimum Gasteiger partial charge on any atom is -0.338 e. The number of nitrogens with one attached hydrogen (secondary N) is 1. The number of rotatable bonds is 5. The minimum absolute atomic E-state index is 0.700. The molecule has 86 valence electrons. The Bertz CT molecular complexity index is 444. The summed E-state index contributed by atoms with van der Waals surface area (Å²) in [6.45, 7) is 1.58. The Kier molecular flexibility index (Phi) is 3.31. The lowest BCUT2D eigenvalue weighted by molar-refractivity contribution is 0.628. The van der Waals surface area contributed by atoms with Gasteiger partial charge in [0.2, 0.25) is 0 Å². The van der Waals surface area contributed by atoms with E-state index in [1.807, 2.05) is 31.1 Å². The molecular weight excluding hydrogens is 204 g/mol. The summed E-state index contributed by atoms with van der Waals surface area (Å²) in [6, 6.07) is 0. The third-order valence-electron chi connectivity index (χ3n) is 2.38. The number of hydrogen-bond acceptors (Lipinski definition) is 4. The lowest BCUT2D eigenvalue weighted by Gasteiger charge is -2.02. The van der Waals surface area contributed by atoms with Crippen molar-refractivity contribution in [3.63, 3.8) is 0 Å². The van der Waals surface area contributed by atoms with Crippen LogP contribution in [0.5, 0.6) is 0 Å². The van der Waals surface area contributed by atoms with Crippen molar-refractivity contribution in [2.45, 2.75) is 13.0 Å². The van der Waals surface area contributed by atoms with Crippen molar-refractivity contribution >= 4 is 0 Å². The van der Waals surface area contributed by atoms with E-state index in [4.69, 9.17) is 0 Å². The van der Waals surface area contributed by atoms with Crippen LogP contribution in [0.25, 0.3) is 0 Å². The second-order valence-electron chi connectivity index (χ2n) is 3.72. The molecule has 2 rings (SSSR count). The van der Waals surface area contributed by atoms with Gasteiger partial charge in [0.1, 0.15) is 12.2 Å². The molecule has 0 bridgehead atoms. The predicted molar refractivity (Wildman–Crippen MR) is 59.6 cm³/mol. The number of aromatic nitrogens is 5. The molecule has 0 unspecified atom stereocenters. The largest absolute Gasteiger partial charge is 0.338 e. The monoisotopic (exact) mass is 220 g/mol. The molecule has 0 radical (unpaired) electrons. The normalized spacial score (nSPS) is 10.9. The molecule has 0 aliphatic carbocycles. The van der Waals surface area contributed by atoms with E-state index in [1.165, 1.54) is 0 Å². The maximum absolute atomic E-state index is 4.25. The molecule has 0 atom stereocenters. The molecular formula is C10H16N6. The van der Waals surface area contributed by atoms with E-state index in [0.717, 1.165) is 24.6 Å². The number of hydrogen-bond donors (Lipinski definition) is 1. The average Bonchev–Trinajstić information content (AvgIpc) is 2.83. The third kappa shape index (κ3) is 2.66. The van der Waals surface area contributed by atoms with Gasteiger partial charge >= 0.3 is 0 Å². The second-order valence-corrected chi connectivity index (χ2v) is 3.72. The molecule has 0 saturated carbocycles. The van der Waals surface area contributed by atoms with Crippen molar-refractivity contribution < 1.29 is 0 Å². The molecule has 2 aromatic heterocycles. The molecule has 0 fully saturated rings. The molecule has 6 nitrogen and oxygen atoms in total. The highest BCUT2D eigenvalue weighted by Gasteiger charge is 2.00. The summed E-state index contributed by atoms with van der Waals surface area (Å²) in [5.74, 6) is 1.91. The van der Waals surface area contributed by atoms with E-state index in [9.17, 15) is 0 Å². The molecule has 0 amide bonds. The molecule has 0 aromatic carbocycles. The van der Waals surface area contributed by atoms with Gasteiger partial charge in [-0.05, 0) is 0 Å². The Morgan fingerprint density at radius 3 is 2.81 bits per heavy atom. The summed E-state index contributed by atoms with van der Waals surface area (Å²) in [5.41, 5.74) is 0. The van der Waals surface area contributed by atoms with Crippen molar-refractivity contribution in [1.29, 1.82) is 0 Å². The number of imidazole rings is 1. The molecule has 2 heterocycles. The van der Waals surface area contributed by atoms with Gasteiger partial charge in [0.05, 0.1) is 6.54 Å². The standard InChI is InChI=1S/C10H16N6/c1-15-6-5-12-10(15)3-4-11-7-9-13-8-16(2)14-9/h5-6,8,11H,3-4,7H2,1-2H3. The van der Waals surface area contributed by atoms with Crippen molar-refractivity contribution in [3.8, 4) is 0 Å². The molecule has 6 heteroatoms. The van der Waals surface area contributed by atoms with E-state index < -0.39 is 0 Å². The summed E-state index contributed by atoms with van der Waals surface area (Å²) >= 11 is 0. The number of nitrogens with zero attached hydrogens (tertiary/aromatic N) is 5. The minimum atomic E-state index is 0.700. The van der Waals surface area contributed by atoms with Gasteiger partial charge in [0.15, 0.2) is 5.82 Å². The van der Waals surface area contributed by atoms with Crippen LogP contribution in [0.2, 0.25) is 0 Å². The molecule has 0 saturated heterocycles. The van der Waals surface area contributed by atoms with E-state index in [0.29, 0.717) is 6.54 Å². The zero-order chi connectivity index (χ0) is 11.4. The summed E-state index contributed by atoms with van der Waals surface area (Å²) in [6.07, 6.45) is 6.39. The summed E-state index contributed by atoms with van der Waals surface area (Å²) in [7, 11) is 3.87. The van der Waals surface area contributed by atoms with Crippen molar-refractivity contribution in [1.82, 2.24) is 29.6 Å². The first-order chi connectivity index (χ1) is 7.75. The highest BCUT2D eigenvalue weighted by Crippen LogP contribution is 1.94. The Balaban J connectivity index is 1.71. The van der Waals surface area contributed by atoms with E-state index in [-0.39, 0.29) is 0 Å². The molecule has 16 heavy (non-hydrogen) atoms. The SMILES string of the molecule is Cn1cnc(CNCCc2nccn2C)n1. The van der Waals surface area contributed by atoms with Crippen LogP contribution in [0.3, 0.4) is 0 Å². The lowest BCUT2D eigenvalue weighted by Crippen LogP contribution is -2.19. The van der Waals surface area contributed by atoms with Gasteiger partial charge in [-0.25, -0.2) is 9.97 Å². The maximum Gasteiger partial charge on any atom is 0.164 e. The van der Waals surface area contributed by atoms with Crippen LogP contribution in [0.4, 0.5) is 0 Å². The smallest absolute Gasteiger partial charge is 0.164 e. The summed E-state index contributed by atoms with van der Waals surface area (Å²) < 4.78 is 3.73. The van der Waals surface area contributed by atoms with Gasteiger partial charge in [-0.1, -0.05) is 0 Å². The van der Waals surface area contributed by atoms with Crippen molar-refractivity contribution in [3.05, 3.63) is 30.4 Å². The van der Waals surface area contributed by atoms with Crippen LogP contribution >= 0.6 is 0 Å². The van der Waals surface area contributed by atoms with Crippen molar-refractivity contribution in [2.75, 3.05) is 6.54 Å². The van der Waals surface area contributed by atoms with Gasteiger partial charge in [-0.2, -0.15) is 5.10 Å². The zero-order valence-electron chi connectivity index (χ0n) is 9.59. The first-order valence-corrected chi connectivity index (χ1v) is 5.27. The predicted octanol–water partition coefficient (Wildman–Crippen LogP) is -0.119. The second kappa shape index (κ2) is 4.89. The van der Waals surface area contributed by atoms with Crippen LogP contribution in [0.1, 0.15) is 11.6 Å². The molecule has 2 aromatic rings. The Morgan fingerprint density at radius 1 is 1.31 bits per heavy atom. The lowest BCUT2D eigenvalue weighted by atomic mass is 10.4. The summed E-state index contributed by atoms with van der Waals surface area (Å²) in [5, 5.41) is 7.47. The average molecular weight is 220 g/mol. The molecule has 1 N–H and O–H groups in total. The third-order valence-corrected chi connectivity index (χ3v) is 2.38. The quantitative estimate of drug-likeness (QED) is 0.714. The van der Waals surface area contributed by atoms with Gasteiger partial charge in [-0.15, -0.1) is 0 Å². The molecule has 0 aliphatic heterocycles. The van der Waals surface area contributed by atoms with E-state index >= 15 is 0 Å². The molecule has 0 aliphatic rings. The Morgan fingerprint density at radius 2 is 2.19 bits per heavy atom. The van der Waals surface area contributed by atoms with Gasteiger partial charge in [0, 0.05) is 39.5 Å². The van der Waals surface area contributed by atoms with Gasteiger partial charge < -0.3 is 9.88 Å². The Labute approximate surface area is 94.3 Å². The van der Waals surface area contributed by atoms with Gasteiger partial charge in [-0.3, -0.25) is 4.68 Å². The van der Waals surface area contributed by atoms with E-state index in [2.05, 4.69) is 20.4 Å².